The third-order valence-electron chi connectivity index (χ3n) is 5.73. The molecule has 4 bridgehead atoms. The van der Waals surface area contributed by atoms with Crippen molar-refractivity contribution >= 4 is 34.2 Å². The van der Waals surface area contributed by atoms with Crippen molar-refractivity contribution < 1.29 is 0 Å². The van der Waals surface area contributed by atoms with Crippen LogP contribution >= 0.6 is 34.2 Å². The van der Waals surface area contributed by atoms with Crippen molar-refractivity contribution in [2.24, 2.45) is 17.8 Å². The van der Waals surface area contributed by atoms with Crippen LogP contribution in [0.2, 0.25) is 5.15 Å². The Balaban J connectivity index is 1.79. The van der Waals surface area contributed by atoms with Crippen LogP contribution < -0.4 is 0 Å². The second-order valence-corrected chi connectivity index (χ2v) is 8.59. The maximum atomic E-state index is 6.38. The molecule has 0 aliphatic heterocycles. The van der Waals surface area contributed by atoms with E-state index in [2.05, 4.69) is 29.5 Å². The molecule has 0 N–H and O–H groups in total. The standard InChI is InChI=1S/C16H20ClIN2/c1-2-12-13(18)14(17)20-15(19-12)16-6-9-3-10(7-16)5-11(4-9)8-16/h9-11H,2-8H2,1H3. The number of halogens is 2. The van der Waals surface area contributed by atoms with Crippen molar-refractivity contribution in [1.82, 2.24) is 9.97 Å². The SMILES string of the molecule is CCc1nc(C23CC4CC(CC(C4)C2)C3)nc(Cl)c1I. The van der Waals surface area contributed by atoms with E-state index in [1.54, 1.807) is 0 Å². The maximum absolute atomic E-state index is 6.38. The minimum atomic E-state index is 0.257. The predicted molar refractivity (Wildman–Crippen MR) is 89.0 cm³/mol. The lowest BCUT2D eigenvalue weighted by atomic mass is 9.49. The first-order chi connectivity index (χ1) is 9.59. The predicted octanol–water partition coefficient (Wildman–Crippen LogP) is 4.76. The Bertz CT molecular complexity index is 522. The Labute approximate surface area is 139 Å². The van der Waals surface area contributed by atoms with Crippen molar-refractivity contribution in [1.29, 1.82) is 0 Å². The molecule has 4 aliphatic rings. The molecule has 20 heavy (non-hydrogen) atoms. The molecule has 0 unspecified atom stereocenters. The number of aromatic nitrogens is 2. The minimum absolute atomic E-state index is 0.257. The van der Waals surface area contributed by atoms with Gasteiger partial charge in [-0.05, 0) is 85.3 Å². The molecule has 1 aromatic rings. The van der Waals surface area contributed by atoms with Crippen LogP contribution in [0.5, 0.6) is 0 Å². The average Bonchev–Trinajstić information content (AvgIpc) is 2.40. The molecule has 2 nitrogen and oxygen atoms in total. The first kappa shape index (κ1) is 13.7. The fourth-order valence-electron chi connectivity index (χ4n) is 5.32. The van der Waals surface area contributed by atoms with Crippen molar-refractivity contribution in [3.05, 3.63) is 20.2 Å². The molecular weight excluding hydrogens is 383 g/mol. The quantitative estimate of drug-likeness (QED) is 0.526. The van der Waals surface area contributed by atoms with Gasteiger partial charge in [0.25, 0.3) is 0 Å². The lowest BCUT2D eigenvalue weighted by Crippen LogP contribution is -2.49. The van der Waals surface area contributed by atoms with E-state index < -0.39 is 0 Å². The summed E-state index contributed by atoms with van der Waals surface area (Å²) in [6.45, 7) is 2.16. The third-order valence-corrected chi connectivity index (χ3v) is 7.45. The fraction of sp³-hybridized carbons (Fsp3) is 0.750. The van der Waals surface area contributed by atoms with E-state index >= 15 is 0 Å². The fourth-order valence-corrected chi connectivity index (χ4v) is 6.13. The molecule has 5 rings (SSSR count). The summed E-state index contributed by atoms with van der Waals surface area (Å²) in [4.78, 5) is 9.66. The van der Waals surface area contributed by atoms with Crippen LogP contribution in [0, 0.1) is 21.3 Å². The van der Waals surface area contributed by atoms with Crippen LogP contribution in [-0.4, -0.2) is 9.97 Å². The highest BCUT2D eigenvalue weighted by Crippen LogP contribution is 2.60. The van der Waals surface area contributed by atoms with Gasteiger partial charge >= 0.3 is 0 Å². The first-order valence-corrected chi connectivity index (χ1v) is 9.27. The molecule has 0 aromatic carbocycles. The summed E-state index contributed by atoms with van der Waals surface area (Å²) in [5.41, 5.74) is 1.39. The molecule has 0 spiro atoms. The zero-order chi connectivity index (χ0) is 13.9. The molecule has 0 radical (unpaired) electrons. The highest BCUT2D eigenvalue weighted by Gasteiger charge is 2.53. The molecule has 4 aliphatic carbocycles. The molecule has 108 valence electrons. The molecule has 0 amide bonds. The number of hydrogen-bond donors (Lipinski definition) is 0. The Morgan fingerprint density at radius 2 is 1.65 bits per heavy atom. The van der Waals surface area contributed by atoms with Crippen LogP contribution in [0.25, 0.3) is 0 Å². The summed E-state index contributed by atoms with van der Waals surface area (Å²) in [6.07, 6.45) is 9.23. The van der Waals surface area contributed by atoms with Gasteiger partial charge in [0.15, 0.2) is 0 Å². The first-order valence-electron chi connectivity index (χ1n) is 7.82. The van der Waals surface area contributed by atoms with Gasteiger partial charge in [-0.25, -0.2) is 9.97 Å². The van der Waals surface area contributed by atoms with Crippen molar-refractivity contribution in [3.8, 4) is 0 Å². The van der Waals surface area contributed by atoms with Gasteiger partial charge in [-0.2, -0.15) is 0 Å². The van der Waals surface area contributed by atoms with Gasteiger partial charge in [-0.1, -0.05) is 18.5 Å². The van der Waals surface area contributed by atoms with E-state index in [1.165, 1.54) is 38.5 Å². The summed E-state index contributed by atoms with van der Waals surface area (Å²) in [5, 5.41) is 0.670. The molecule has 4 fully saturated rings. The monoisotopic (exact) mass is 402 g/mol. The molecular formula is C16H20ClIN2. The van der Waals surface area contributed by atoms with E-state index in [1.807, 2.05) is 0 Å². The maximum Gasteiger partial charge on any atom is 0.146 e. The number of aryl methyl sites for hydroxylation is 1. The molecule has 1 heterocycles. The van der Waals surface area contributed by atoms with E-state index in [0.29, 0.717) is 5.15 Å². The molecule has 4 heteroatoms. The van der Waals surface area contributed by atoms with Gasteiger partial charge in [0.2, 0.25) is 0 Å². The highest BCUT2D eigenvalue weighted by atomic mass is 127. The van der Waals surface area contributed by atoms with Crippen molar-refractivity contribution in [2.75, 3.05) is 0 Å². The second-order valence-electron chi connectivity index (χ2n) is 7.15. The van der Waals surface area contributed by atoms with Crippen LogP contribution in [0.1, 0.15) is 57.0 Å². The molecule has 0 atom stereocenters. The van der Waals surface area contributed by atoms with E-state index in [-0.39, 0.29) is 5.41 Å². The Morgan fingerprint density at radius 1 is 1.10 bits per heavy atom. The molecule has 0 saturated heterocycles. The third kappa shape index (κ3) is 2.03. The lowest BCUT2D eigenvalue weighted by Gasteiger charge is -2.56. The summed E-state index contributed by atoms with van der Waals surface area (Å²) in [5.74, 6) is 3.84. The Hall–Kier alpha value is 0.100. The van der Waals surface area contributed by atoms with E-state index in [9.17, 15) is 0 Å². The van der Waals surface area contributed by atoms with Crippen LogP contribution in [0.3, 0.4) is 0 Å². The van der Waals surface area contributed by atoms with Gasteiger partial charge in [0.1, 0.15) is 11.0 Å². The smallest absolute Gasteiger partial charge is 0.146 e. The van der Waals surface area contributed by atoms with Crippen molar-refractivity contribution in [2.45, 2.75) is 57.3 Å². The number of rotatable bonds is 2. The largest absolute Gasteiger partial charge is 0.236 e. The second kappa shape index (κ2) is 4.80. The summed E-state index contributed by atoms with van der Waals surface area (Å²) >= 11 is 8.66. The van der Waals surface area contributed by atoms with Gasteiger partial charge in [0, 0.05) is 5.41 Å². The highest BCUT2D eigenvalue weighted by molar-refractivity contribution is 14.1. The van der Waals surface area contributed by atoms with Gasteiger partial charge in [-0.15, -0.1) is 0 Å². The Kier molecular flexibility index (Phi) is 3.30. The van der Waals surface area contributed by atoms with Gasteiger partial charge in [0.05, 0.1) is 9.26 Å². The zero-order valence-corrected chi connectivity index (χ0v) is 14.7. The Morgan fingerprint density at radius 3 is 2.15 bits per heavy atom. The normalized spacial score (nSPS) is 38.5. The molecule has 1 aromatic heterocycles. The average molecular weight is 403 g/mol. The van der Waals surface area contributed by atoms with E-state index in [0.717, 1.165) is 39.3 Å². The summed E-state index contributed by atoms with van der Waals surface area (Å²) in [7, 11) is 0. The topological polar surface area (TPSA) is 25.8 Å². The summed E-state index contributed by atoms with van der Waals surface area (Å²) < 4.78 is 1.04. The van der Waals surface area contributed by atoms with Crippen LogP contribution in [0.15, 0.2) is 0 Å². The minimum Gasteiger partial charge on any atom is -0.236 e. The van der Waals surface area contributed by atoms with E-state index in [4.69, 9.17) is 21.6 Å². The van der Waals surface area contributed by atoms with Gasteiger partial charge < -0.3 is 0 Å². The van der Waals surface area contributed by atoms with Crippen LogP contribution in [-0.2, 0) is 11.8 Å². The number of hydrogen-bond acceptors (Lipinski definition) is 2. The van der Waals surface area contributed by atoms with Crippen molar-refractivity contribution in [3.63, 3.8) is 0 Å². The summed E-state index contributed by atoms with van der Waals surface area (Å²) in [6, 6.07) is 0. The number of nitrogens with zero attached hydrogens (tertiary/aromatic N) is 2. The van der Waals surface area contributed by atoms with Gasteiger partial charge in [-0.3, -0.25) is 0 Å². The molecule has 4 saturated carbocycles. The lowest BCUT2D eigenvalue weighted by molar-refractivity contribution is -0.00950. The van der Waals surface area contributed by atoms with Crippen LogP contribution in [0.4, 0.5) is 0 Å². The zero-order valence-electron chi connectivity index (χ0n) is 11.8.